The Morgan fingerprint density at radius 3 is 1.61 bits per heavy atom. The van der Waals surface area contributed by atoms with Gasteiger partial charge in [-0.25, -0.2) is 4.98 Å². The van der Waals surface area contributed by atoms with Crippen molar-refractivity contribution in [3.05, 3.63) is 246 Å². The molecule has 0 bridgehead atoms. The minimum Gasteiger partial charge on any atom is -0.509 e. The van der Waals surface area contributed by atoms with Crippen LogP contribution in [0.4, 0.5) is 22.7 Å². The minimum atomic E-state index is -0.814. The molecule has 0 amide bonds. The Kier molecular flexibility index (Phi) is 12.5. The number of benzene rings is 7. The van der Waals surface area contributed by atoms with Gasteiger partial charge in [-0.2, -0.15) is 12.1 Å². The topological polar surface area (TPSA) is 59.3 Å². The molecule has 11 aromatic rings. The maximum Gasteiger partial charge on any atom is 0.135 e. The average Bonchev–Trinajstić information content (AvgIpc) is 1.59. The van der Waals surface area contributed by atoms with E-state index in [0.29, 0.717) is 11.5 Å². The van der Waals surface area contributed by atoms with Crippen molar-refractivity contribution in [3.8, 4) is 50.7 Å². The number of ether oxygens (including phenoxy) is 1. The molecule has 416 valence electrons. The van der Waals surface area contributed by atoms with Crippen molar-refractivity contribution in [2.24, 2.45) is 0 Å². The van der Waals surface area contributed by atoms with Gasteiger partial charge in [0.25, 0.3) is 0 Å². The van der Waals surface area contributed by atoms with Crippen LogP contribution in [0.25, 0.3) is 61.0 Å². The summed E-state index contributed by atoms with van der Waals surface area (Å²) >= 11 is 0. The van der Waals surface area contributed by atoms with E-state index < -0.39 is 5.41 Å². The molecule has 0 N–H and O–H groups in total. The second kappa shape index (κ2) is 19.2. The fourth-order valence-corrected chi connectivity index (χ4v) is 13.4. The maximum atomic E-state index is 7.14. The number of pyridine rings is 3. The molecule has 0 saturated carbocycles. The molecule has 1 aliphatic carbocycles. The molecule has 7 nitrogen and oxygen atoms in total. The van der Waals surface area contributed by atoms with Crippen LogP contribution in [0.1, 0.15) is 128 Å². The monoisotopic (exact) mass is 1260 g/mol. The molecule has 0 unspecified atom stereocenters. The van der Waals surface area contributed by atoms with E-state index in [1.54, 1.807) is 0 Å². The first kappa shape index (κ1) is 54.1. The van der Waals surface area contributed by atoms with Crippen LogP contribution in [-0.2, 0) is 48.1 Å². The molecule has 0 radical (unpaired) electrons. The van der Waals surface area contributed by atoms with Crippen molar-refractivity contribution in [2.75, 3.05) is 9.80 Å². The Bertz CT molecular complexity index is 4250. The molecule has 14 rings (SSSR count). The van der Waals surface area contributed by atoms with Crippen molar-refractivity contribution in [1.29, 1.82) is 0 Å². The zero-order valence-corrected chi connectivity index (χ0v) is 51.6. The van der Waals surface area contributed by atoms with Gasteiger partial charge < -0.3 is 19.1 Å². The SMILES string of the molecule is CC(C)(C)c1cc2c(c(C(C)(C)C)c1)C1(c3ccc(Oc4[c-]c5c(cc4)c4ccccc4n5-c4ccccn4)[c-]c3N3[CH-]N(c4c(-c5ccncc5)cccc4-c4ccncc4)c4cccc1c43)c1c-2cc(C(C)(C)C)cc1C(C)(C)C.[Pt]. The van der Waals surface area contributed by atoms with Gasteiger partial charge in [0.05, 0.1) is 0 Å². The molecule has 4 aromatic heterocycles. The van der Waals surface area contributed by atoms with E-state index in [2.05, 4.69) is 254 Å². The van der Waals surface area contributed by atoms with Gasteiger partial charge in [-0.1, -0.05) is 173 Å². The number of anilines is 4. The summed E-state index contributed by atoms with van der Waals surface area (Å²) in [6.45, 7) is 30.8. The normalized spacial score (nSPS) is 14.2. The summed E-state index contributed by atoms with van der Waals surface area (Å²) < 4.78 is 9.32. The summed E-state index contributed by atoms with van der Waals surface area (Å²) in [5, 5.41) is 2.20. The van der Waals surface area contributed by atoms with E-state index >= 15 is 0 Å². The summed E-state index contributed by atoms with van der Waals surface area (Å²) in [6.07, 6.45) is 9.37. The second-order valence-electron chi connectivity index (χ2n) is 26.7. The van der Waals surface area contributed by atoms with Gasteiger partial charge in [0.2, 0.25) is 0 Å². The molecule has 1 spiro atoms. The predicted molar refractivity (Wildman–Crippen MR) is 336 cm³/mol. The van der Waals surface area contributed by atoms with Gasteiger partial charge in [0, 0.05) is 103 Å². The summed E-state index contributed by atoms with van der Waals surface area (Å²) in [4.78, 5) is 18.6. The Morgan fingerprint density at radius 2 is 1.04 bits per heavy atom. The number of aromatic nitrogens is 4. The fraction of sp³-hybridized carbons (Fsp3) is 0.227. The van der Waals surface area contributed by atoms with Crippen LogP contribution in [0, 0.1) is 18.8 Å². The van der Waals surface area contributed by atoms with Crippen molar-refractivity contribution in [3.63, 3.8) is 0 Å². The average molecular weight is 1260 g/mol. The van der Waals surface area contributed by atoms with Gasteiger partial charge in [-0.15, -0.1) is 41.9 Å². The molecule has 0 fully saturated rings. The molecule has 0 atom stereocenters. The van der Waals surface area contributed by atoms with Gasteiger partial charge >= 0.3 is 0 Å². The maximum absolute atomic E-state index is 7.14. The smallest absolute Gasteiger partial charge is 0.135 e. The van der Waals surface area contributed by atoms with Crippen LogP contribution in [0.2, 0.25) is 0 Å². The summed E-state index contributed by atoms with van der Waals surface area (Å²) in [5.41, 5.74) is 21.8. The zero-order valence-electron chi connectivity index (χ0n) is 49.3. The van der Waals surface area contributed by atoms with Crippen LogP contribution >= 0.6 is 0 Å². The van der Waals surface area contributed by atoms with Crippen molar-refractivity contribution in [2.45, 2.75) is 110 Å². The molecular weight excluding hydrogens is 1200 g/mol. The Morgan fingerprint density at radius 1 is 0.470 bits per heavy atom. The number of hydrogen-bond acceptors (Lipinski definition) is 6. The third-order valence-electron chi connectivity index (χ3n) is 17.3. The largest absolute Gasteiger partial charge is 0.509 e. The molecule has 6 heterocycles. The molecule has 83 heavy (non-hydrogen) atoms. The number of rotatable bonds is 6. The summed E-state index contributed by atoms with van der Waals surface area (Å²) in [5.74, 6) is 1.99. The Balaban J connectivity index is 0.00000645. The Hall–Kier alpha value is -8.12. The molecular formula is C75H67N6OPt-3. The van der Waals surface area contributed by atoms with E-state index in [0.717, 1.165) is 78.2 Å². The van der Waals surface area contributed by atoms with Crippen LogP contribution < -0.4 is 14.5 Å². The zero-order chi connectivity index (χ0) is 56.8. The van der Waals surface area contributed by atoms with Crippen molar-refractivity contribution >= 4 is 44.6 Å². The minimum absolute atomic E-state index is 0. The quantitative estimate of drug-likeness (QED) is 0.155. The molecule has 8 heteroatoms. The summed E-state index contributed by atoms with van der Waals surface area (Å²) in [7, 11) is 0. The van der Waals surface area contributed by atoms with Gasteiger partial charge in [0.1, 0.15) is 5.82 Å². The molecule has 3 aliphatic rings. The Labute approximate surface area is 503 Å². The first-order valence-electron chi connectivity index (χ1n) is 28.7. The van der Waals surface area contributed by atoms with Crippen LogP contribution in [-0.4, -0.2) is 19.5 Å². The van der Waals surface area contributed by atoms with E-state index in [1.165, 1.54) is 50.1 Å². The van der Waals surface area contributed by atoms with E-state index in [1.807, 2.05) is 55.2 Å². The fourth-order valence-electron chi connectivity index (χ4n) is 13.4. The van der Waals surface area contributed by atoms with E-state index in [-0.39, 0.29) is 42.7 Å². The van der Waals surface area contributed by atoms with Gasteiger partial charge in [0.15, 0.2) is 0 Å². The number of hydrogen-bond donors (Lipinski definition) is 0. The molecule has 7 aromatic carbocycles. The van der Waals surface area contributed by atoms with Crippen LogP contribution in [0.3, 0.4) is 0 Å². The van der Waals surface area contributed by atoms with E-state index in [4.69, 9.17) is 9.72 Å². The van der Waals surface area contributed by atoms with E-state index in [9.17, 15) is 0 Å². The first-order valence-corrected chi connectivity index (χ1v) is 28.7. The number of para-hydroxylation sites is 3. The number of fused-ring (bicyclic) bond motifs is 12. The molecule has 2 aliphatic heterocycles. The van der Waals surface area contributed by atoms with Crippen molar-refractivity contribution in [1.82, 2.24) is 19.5 Å². The first-order chi connectivity index (χ1) is 39.2. The van der Waals surface area contributed by atoms with Gasteiger partial charge in [-0.05, 0) is 137 Å². The predicted octanol–water partition coefficient (Wildman–Crippen LogP) is 19.0. The van der Waals surface area contributed by atoms with Crippen molar-refractivity contribution < 1.29 is 25.8 Å². The van der Waals surface area contributed by atoms with Crippen LogP contribution in [0.15, 0.2) is 183 Å². The van der Waals surface area contributed by atoms with Crippen LogP contribution in [0.5, 0.6) is 11.5 Å². The second-order valence-corrected chi connectivity index (χ2v) is 26.7. The van der Waals surface area contributed by atoms with Gasteiger partial charge in [-0.3, -0.25) is 9.97 Å². The standard InChI is InChI=1S/C75H67N6O.Pt/c1-71(2,3)48-39-56-57-40-49(72(4,5)6)42-61(74(10,11)12)68(57)75(67(56)60(41-48)73(7,8)9)58-29-27-51(82-50-26-28-55-54-19-13-14-23-62(54)81(64(55)43-50)66-25-15-16-34-78-66)44-65(58)80-45-79(63-24-18-22-59(75)70(63)80)69-52(46-30-35-76-36-31-46)20-17-21-53(69)47-32-37-77-38-33-47;/h13-42,45H,1-12H3;/q-3;. The third-order valence-corrected chi connectivity index (χ3v) is 17.3. The number of nitrogens with zero attached hydrogens (tertiary/aromatic N) is 6. The molecule has 0 saturated heterocycles. The summed E-state index contributed by atoms with van der Waals surface area (Å²) in [6, 6.07) is 63.3. The third kappa shape index (κ3) is 8.42.